The predicted octanol–water partition coefficient (Wildman–Crippen LogP) is 4.65. The van der Waals surface area contributed by atoms with Gasteiger partial charge in [0.1, 0.15) is 5.69 Å². The number of aromatic amines is 1. The van der Waals surface area contributed by atoms with E-state index in [1.54, 1.807) is 13.3 Å². The molecular weight excluding hydrogens is 436 g/mol. The van der Waals surface area contributed by atoms with Crippen LogP contribution in [0.15, 0.2) is 42.9 Å². The lowest BCUT2D eigenvalue weighted by molar-refractivity contribution is 0.299. The van der Waals surface area contributed by atoms with Gasteiger partial charge < -0.3 is 4.74 Å². The van der Waals surface area contributed by atoms with Crippen molar-refractivity contribution in [1.82, 2.24) is 29.9 Å². The normalized spacial score (nSPS) is 22.8. The average molecular weight is 463 g/mol. The van der Waals surface area contributed by atoms with Crippen LogP contribution < -0.4 is 4.74 Å². The minimum absolute atomic E-state index is 0.493. The van der Waals surface area contributed by atoms with Crippen molar-refractivity contribution in [2.24, 2.45) is 18.9 Å². The van der Waals surface area contributed by atoms with Crippen molar-refractivity contribution in [3.8, 4) is 17.1 Å². The van der Waals surface area contributed by atoms with Crippen molar-refractivity contribution in [3.63, 3.8) is 0 Å². The van der Waals surface area contributed by atoms with Crippen molar-refractivity contribution >= 4 is 22.5 Å². The van der Waals surface area contributed by atoms with Crippen LogP contribution in [0.2, 0.25) is 5.02 Å². The molecule has 1 aromatic carbocycles. The number of aromatic nitrogens is 5. The zero-order chi connectivity index (χ0) is 22.5. The number of benzene rings is 1. The number of hydrogen-bond donors (Lipinski definition) is 1. The molecule has 1 aliphatic heterocycles. The number of H-pyrrole nitrogens is 1. The van der Waals surface area contributed by atoms with Gasteiger partial charge in [-0.05, 0) is 54.4 Å². The van der Waals surface area contributed by atoms with Gasteiger partial charge in [-0.3, -0.25) is 14.7 Å². The number of methoxy groups -OCH3 is 1. The van der Waals surface area contributed by atoms with Crippen molar-refractivity contribution in [2.75, 3.05) is 20.2 Å². The number of ether oxygens (including phenoxy) is 1. The van der Waals surface area contributed by atoms with E-state index < -0.39 is 0 Å². The number of aryl methyl sites for hydroxylation is 1. The third kappa shape index (κ3) is 3.79. The largest absolute Gasteiger partial charge is 0.481 e. The molecule has 6 rings (SSSR count). The quantitative estimate of drug-likeness (QED) is 0.467. The van der Waals surface area contributed by atoms with E-state index in [2.05, 4.69) is 37.4 Å². The Bertz CT molecular complexity index is 1300. The van der Waals surface area contributed by atoms with E-state index >= 15 is 0 Å². The molecule has 2 fully saturated rings. The summed E-state index contributed by atoms with van der Waals surface area (Å²) in [6.45, 7) is 3.30. The topological polar surface area (TPSA) is 71.9 Å². The Labute approximate surface area is 197 Å². The standard InChI is InChI=1S/C25H27ClN6O/c1-31-11-15(10-28-31)12-32-13-18-5-17(6-19(18)14-32)20-8-21-23(9-22(20)26)29-30-25(21)16-3-4-27-24(7-16)33-2/h3-4,7-11,17-19H,5-6,12-14H2,1-2H3,(H,29,30)/t17?,18-,19+. The molecule has 4 aromatic rings. The van der Waals surface area contributed by atoms with Crippen LogP contribution in [0.1, 0.15) is 29.9 Å². The fraction of sp³-hybridized carbons (Fsp3) is 0.400. The Balaban J connectivity index is 1.23. The van der Waals surface area contributed by atoms with Crippen LogP contribution in [0.25, 0.3) is 22.2 Å². The molecule has 170 valence electrons. The van der Waals surface area contributed by atoms with Crippen molar-refractivity contribution < 1.29 is 4.74 Å². The van der Waals surface area contributed by atoms with Gasteiger partial charge in [-0.15, -0.1) is 0 Å². The smallest absolute Gasteiger partial charge is 0.213 e. The summed E-state index contributed by atoms with van der Waals surface area (Å²) in [5.74, 6) is 2.53. The van der Waals surface area contributed by atoms with Crippen LogP contribution in [0.4, 0.5) is 0 Å². The monoisotopic (exact) mass is 462 g/mol. The summed E-state index contributed by atoms with van der Waals surface area (Å²) in [6.07, 6.45) is 8.23. The first-order valence-electron chi connectivity index (χ1n) is 11.4. The van der Waals surface area contributed by atoms with E-state index in [1.165, 1.54) is 24.0 Å². The highest BCUT2D eigenvalue weighted by molar-refractivity contribution is 6.32. The maximum atomic E-state index is 6.78. The highest BCUT2D eigenvalue weighted by atomic mass is 35.5. The van der Waals surface area contributed by atoms with Gasteiger partial charge in [0.25, 0.3) is 0 Å². The third-order valence-corrected chi connectivity index (χ3v) is 7.66. The fourth-order valence-corrected chi connectivity index (χ4v) is 6.17. The van der Waals surface area contributed by atoms with Crippen LogP contribution >= 0.6 is 11.6 Å². The molecule has 7 nitrogen and oxygen atoms in total. The Morgan fingerprint density at radius 2 is 2.00 bits per heavy atom. The van der Waals surface area contributed by atoms with E-state index in [-0.39, 0.29) is 0 Å². The third-order valence-electron chi connectivity index (χ3n) is 7.33. The summed E-state index contributed by atoms with van der Waals surface area (Å²) >= 11 is 6.78. The molecule has 1 N–H and O–H groups in total. The van der Waals surface area contributed by atoms with Crippen molar-refractivity contribution in [1.29, 1.82) is 0 Å². The van der Waals surface area contributed by atoms with Crippen LogP contribution in [-0.4, -0.2) is 50.1 Å². The Hall–Kier alpha value is -2.90. The van der Waals surface area contributed by atoms with Gasteiger partial charge >= 0.3 is 0 Å². The molecule has 4 heterocycles. The molecule has 3 aromatic heterocycles. The molecule has 8 heteroatoms. The lowest BCUT2D eigenvalue weighted by Crippen LogP contribution is -2.21. The summed E-state index contributed by atoms with van der Waals surface area (Å²) < 4.78 is 7.18. The molecule has 0 bridgehead atoms. The number of fused-ring (bicyclic) bond motifs is 2. The SMILES string of the molecule is COc1cc(-c2n[nH]c3cc(Cl)c(C4C[C@@H]5CN(Cc6cnn(C)c6)C[C@@H]5C4)cc23)ccn1. The lowest BCUT2D eigenvalue weighted by Gasteiger charge is -2.19. The number of halogens is 1. The van der Waals surface area contributed by atoms with Gasteiger partial charge in [-0.1, -0.05) is 11.6 Å². The summed E-state index contributed by atoms with van der Waals surface area (Å²) in [7, 11) is 3.60. The minimum Gasteiger partial charge on any atom is -0.481 e. The number of nitrogens with one attached hydrogen (secondary N) is 1. The first-order chi connectivity index (χ1) is 16.1. The van der Waals surface area contributed by atoms with Crippen LogP contribution in [0, 0.1) is 11.8 Å². The van der Waals surface area contributed by atoms with E-state index in [9.17, 15) is 0 Å². The summed E-state index contributed by atoms with van der Waals surface area (Å²) in [4.78, 5) is 6.80. The maximum Gasteiger partial charge on any atom is 0.213 e. The number of hydrogen-bond acceptors (Lipinski definition) is 5. The first-order valence-corrected chi connectivity index (χ1v) is 11.8. The maximum absolute atomic E-state index is 6.78. The number of rotatable bonds is 5. The molecule has 2 aliphatic rings. The van der Waals surface area contributed by atoms with Gasteiger partial charge in [0, 0.05) is 66.7 Å². The van der Waals surface area contributed by atoms with Gasteiger partial charge in [-0.2, -0.15) is 10.2 Å². The van der Waals surface area contributed by atoms with E-state index in [1.807, 2.05) is 36.1 Å². The second kappa shape index (κ2) is 8.15. The van der Waals surface area contributed by atoms with Crippen molar-refractivity contribution in [3.05, 3.63) is 59.0 Å². The van der Waals surface area contributed by atoms with Crippen LogP contribution in [-0.2, 0) is 13.6 Å². The molecule has 1 aliphatic carbocycles. The number of likely N-dealkylation sites (tertiary alicyclic amines) is 1. The van der Waals surface area contributed by atoms with Gasteiger partial charge in [0.15, 0.2) is 0 Å². The molecular formula is C25H27ClN6O. The molecule has 3 atom stereocenters. The zero-order valence-electron chi connectivity index (χ0n) is 18.8. The Kier molecular flexibility index (Phi) is 5.11. The predicted molar refractivity (Wildman–Crippen MR) is 128 cm³/mol. The highest BCUT2D eigenvalue weighted by Crippen LogP contribution is 2.48. The van der Waals surface area contributed by atoms with Crippen LogP contribution in [0.3, 0.4) is 0 Å². The minimum atomic E-state index is 0.493. The number of nitrogens with zero attached hydrogens (tertiary/aromatic N) is 5. The fourth-order valence-electron chi connectivity index (χ4n) is 5.85. The van der Waals surface area contributed by atoms with E-state index in [0.717, 1.165) is 58.7 Å². The summed E-state index contributed by atoms with van der Waals surface area (Å²) in [5.41, 5.74) is 5.39. The lowest BCUT2D eigenvalue weighted by atomic mass is 9.93. The molecule has 1 saturated carbocycles. The Morgan fingerprint density at radius 1 is 1.18 bits per heavy atom. The molecule has 0 amide bonds. The van der Waals surface area contributed by atoms with Gasteiger partial charge in [0.05, 0.1) is 18.8 Å². The second-order valence-corrected chi connectivity index (χ2v) is 9.89. The average Bonchev–Trinajstić information content (AvgIpc) is 3.57. The molecule has 1 saturated heterocycles. The summed E-state index contributed by atoms with van der Waals surface area (Å²) in [5, 5.41) is 14.0. The molecule has 1 unspecified atom stereocenters. The van der Waals surface area contributed by atoms with E-state index in [4.69, 9.17) is 16.3 Å². The molecule has 0 spiro atoms. The summed E-state index contributed by atoms with van der Waals surface area (Å²) in [6, 6.07) is 8.16. The van der Waals surface area contributed by atoms with Gasteiger partial charge in [0.2, 0.25) is 5.88 Å². The first kappa shape index (κ1) is 20.7. The van der Waals surface area contributed by atoms with Crippen molar-refractivity contribution in [2.45, 2.75) is 25.3 Å². The zero-order valence-corrected chi connectivity index (χ0v) is 19.6. The molecule has 0 radical (unpaired) electrons. The number of pyridine rings is 1. The highest BCUT2D eigenvalue weighted by Gasteiger charge is 2.41. The van der Waals surface area contributed by atoms with E-state index in [0.29, 0.717) is 11.8 Å². The second-order valence-electron chi connectivity index (χ2n) is 9.48. The molecule has 33 heavy (non-hydrogen) atoms. The Morgan fingerprint density at radius 3 is 2.73 bits per heavy atom. The van der Waals surface area contributed by atoms with Gasteiger partial charge in [-0.25, -0.2) is 4.98 Å². The van der Waals surface area contributed by atoms with Crippen LogP contribution in [0.5, 0.6) is 5.88 Å².